The highest BCUT2D eigenvalue weighted by Gasteiger charge is 2.22. The second kappa shape index (κ2) is 12.1. The Morgan fingerprint density at radius 1 is 1.19 bits per heavy atom. The van der Waals surface area contributed by atoms with Gasteiger partial charge in [-0.1, -0.05) is 55.1 Å². The molecule has 1 atom stereocenters. The minimum absolute atomic E-state index is 0.199. The lowest BCUT2D eigenvalue weighted by Crippen LogP contribution is -2.40. The van der Waals surface area contributed by atoms with E-state index in [9.17, 15) is 4.79 Å². The minimum Gasteiger partial charge on any atom is -0.487 e. The number of nitrogens with one attached hydrogen (secondary N) is 2. The van der Waals surface area contributed by atoms with Crippen LogP contribution in [0.2, 0.25) is 0 Å². The van der Waals surface area contributed by atoms with Gasteiger partial charge in [-0.2, -0.15) is 0 Å². The molecule has 2 aromatic carbocycles. The summed E-state index contributed by atoms with van der Waals surface area (Å²) in [4.78, 5) is 24.4. The van der Waals surface area contributed by atoms with E-state index in [2.05, 4.69) is 39.2 Å². The lowest BCUT2D eigenvalue weighted by atomic mass is 10.1. The zero-order valence-corrected chi connectivity index (χ0v) is 21.6. The molecule has 0 spiro atoms. The van der Waals surface area contributed by atoms with Crippen LogP contribution >= 0.6 is 0 Å². The van der Waals surface area contributed by atoms with E-state index in [0.717, 1.165) is 17.8 Å². The summed E-state index contributed by atoms with van der Waals surface area (Å²) in [5.41, 5.74) is 4.90. The van der Waals surface area contributed by atoms with Crippen molar-refractivity contribution in [2.24, 2.45) is 4.99 Å². The van der Waals surface area contributed by atoms with Crippen LogP contribution in [0, 0.1) is 0 Å². The van der Waals surface area contributed by atoms with Crippen molar-refractivity contribution in [1.29, 1.82) is 0 Å². The fourth-order valence-corrected chi connectivity index (χ4v) is 4.22. The van der Waals surface area contributed by atoms with Crippen LogP contribution in [0.15, 0.2) is 96.3 Å². The SMILES string of the molecule is C=C(C)C1=N/C(=C\C)c2ccccc2O[C@H](CNCc2ccccc2)CN(C)c2ccncc2NC1=O. The molecule has 1 aliphatic heterocycles. The van der Waals surface area contributed by atoms with Crippen molar-refractivity contribution in [3.63, 3.8) is 0 Å². The van der Waals surface area contributed by atoms with Crippen molar-refractivity contribution in [3.05, 3.63) is 102 Å². The van der Waals surface area contributed by atoms with Crippen molar-refractivity contribution >= 4 is 28.7 Å². The number of hydrogen-bond donors (Lipinski definition) is 2. The van der Waals surface area contributed by atoms with Crippen molar-refractivity contribution in [1.82, 2.24) is 10.3 Å². The third-order valence-corrected chi connectivity index (χ3v) is 6.06. The summed E-state index contributed by atoms with van der Waals surface area (Å²) in [7, 11) is 1.98. The smallest absolute Gasteiger partial charge is 0.274 e. The average Bonchev–Trinajstić information content (AvgIpc) is 2.90. The third kappa shape index (κ3) is 6.51. The topological polar surface area (TPSA) is 78.8 Å². The Labute approximate surface area is 218 Å². The highest BCUT2D eigenvalue weighted by molar-refractivity contribution is 6.49. The molecule has 37 heavy (non-hydrogen) atoms. The maximum Gasteiger partial charge on any atom is 0.274 e. The second-order valence-electron chi connectivity index (χ2n) is 8.99. The first-order valence-corrected chi connectivity index (χ1v) is 12.3. The van der Waals surface area contributed by atoms with Gasteiger partial charge in [-0.15, -0.1) is 0 Å². The van der Waals surface area contributed by atoms with E-state index in [4.69, 9.17) is 9.73 Å². The van der Waals surface area contributed by atoms with Crippen LogP contribution < -0.4 is 20.3 Å². The van der Waals surface area contributed by atoms with Gasteiger partial charge in [-0.25, -0.2) is 4.99 Å². The minimum atomic E-state index is -0.340. The number of amides is 1. The van der Waals surface area contributed by atoms with Crippen molar-refractivity contribution in [2.75, 3.05) is 30.4 Å². The van der Waals surface area contributed by atoms with E-state index in [-0.39, 0.29) is 17.7 Å². The Balaban J connectivity index is 1.74. The van der Waals surface area contributed by atoms with E-state index in [1.165, 1.54) is 5.56 Å². The average molecular weight is 496 g/mol. The van der Waals surface area contributed by atoms with Crippen LogP contribution in [0.25, 0.3) is 5.70 Å². The molecular formula is C30H33N5O2. The normalized spacial score (nSPS) is 17.2. The fraction of sp³-hybridized carbons (Fsp3) is 0.233. The largest absolute Gasteiger partial charge is 0.487 e. The molecule has 0 saturated carbocycles. The van der Waals surface area contributed by atoms with Gasteiger partial charge >= 0.3 is 0 Å². The molecule has 2 N–H and O–H groups in total. The monoisotopic (exact) mass is 495 g/mol. The van der Waals surface area contributed by atoms with E-state index in [0.29, 0.717) is 35.8 Å². The number of pyridine rings is 1. The number of aromatic nitrogens is 1. The molecule has 7 nitrogen and oxygen atoms in total. The molecule has 0 unspecified atom stereocenters. The predicted octanol–water partition coefficient (Wildman–Crippen LogP) is 5.09. The first-order chi connectivity index (χ1) is 18.0. The van der Waals surface area contributed by atoms with Crippen LogP contribution in [0.5, 0.6) is 5.75 Å². The fourth-order valence-electron chi connectivity index (χ4n) is 4.22. The molecule has 1 amide bonds. The summed E-state index contributed by atoms with van der Waals surface area (Å²) in [6.07, 6.45) is 5.04. The van der Waals surface area contributed by atoms with Gasteiger partial charge in [-0.05, 0) is 43.2 Å². The first kappa shape index (κ1) is 25.9. The summed E-state index contributed by atoms with van der Waals surface area (Å²) in [5.74, 6) is 0.364. The van der Waals surface area contributed by atoms with Crippen molar-refractivity contribution < 1.29 is 9.53 Å². The number of allylic oxidation sites excluding steroid dienone is 1. The van der Waals surface area contributed by atoms with Gasteiger partial charge in [-0.3, -0.25) is 9.78 Å². The van der Waals surface area contributed by atoms with Gasteiger partial charge in [0.1, 0.15) is 17.6 Å². The number of nitrogens with zero attached hydrogens (tertiary/aromatic N) is 3. The molecule has 1 aromatic heterocycles. The molecule has 4 rings (SSSR count). The molecule has 0 radical (unpaired) electrons. The lowest BCUT2D eigenvalue weighted by molar-refractivity contribution is -0.110. The summed E-state index contributed by atoms with van der Waals surface area (Å²) in [5, 5.41) is 6.53. The second-order valence-corrected chi connectivity index (χ2v) is 8.99. The van der Waals surface area contributed by atoms with Crippen molar-refractivity contribution in [3.8, 4) is 5.75 Å². The highest BCUT2D eigenvalue weighted by Crippen LogP contribution is 2.30. The number of likely N-dealkylation sites (N-methyl/N-ethyl adjacent to an activating group) is 1. The Hall–Kier alpha value is -4.23. The van der Waals surface area contributed by atoms with Gasteiger partial charge < -0.3 is 20.3 Å². The third-order valence-electron chi connectivity index (χ3n) is 6.06. The Bertz CT molecular complexity index is 1320. The Morgan fingerprint density at radius 3 is 2.70 bits per heavy atom. The van der Waals surface area contributed by atoms with Gasteiger partial charge in [0.15, 0.2) is 0 Å². The Kier molecular flexibility index (Phi) is 8.48. The molecule has 2 heterocycles. The van der Waals surface area contributed by atoms with Gasteiger partial charge in [0.2, 0.25) is 0 Å². The van der Waals surface area contributed by atoms with Crippen LogP contribution in [0.3, 0.4) is 0 Å². The molecule has 0 aliphatic carbocycles. The van der Waals surface area contributed by atoms with Crippen LogP contribution in [0.1, 0.15) is 25.0 Å². The van der Waals surface area contributed by atoms with Crippen LogP contribution in [0.4, 0.5) is 11.4 Å². The van der Waals surface area contributed by atoms with E-state index >= 15 is 0 Å². The highest BCUT2D eigenvalue weighted by atomic mass is 16.5. The number of ether oxygens (including phenoxy) is 1. The summed E-state index contributed by atoms with van der Waals surface area (Å²) >= 11 is 0. The Morgan fingerprint density at radius 2 is 1.95 bits per heavy atom. The standard InChI is InChI=1S/C30H33N5O2/c1-5-25-24-13-9-10-14-28(24)37-23(18-32-17-22-11-7-6-8-12-22)20-35(4)27-15-16-31-19-26(27)34-30(36)29(33-25)21(2)3/h5-16,19,23,32H,2,17-18,20H2,1,3-4H3,(H,34,36)/b25-5-,33-29?/t23-/m1/s1. The zero-order chi connectivity index (χ0) is 26.2. The van der Waals surface area contributed by atoms with Crippen molar-refractivity contribution in [2.45, 2.75) is 26.5 Å². The molecule has 0 fully saturated rings. The number of aliphatic imine (C=N–C) groups is 1. The molecule has 7 heteroatoms. The number of benzene rings is 2. The number of fused-ring (bicyclic) bond motifs is 2. The van der Waals surface area contributed by atoms with E-state index in [1.54, 1.807) is 19.3 Å². The maximum absolute atomic E-state index is 13.3. The van der Waals surface area contributed by atoms with Crippen LogP contribution in [-0.4, -0.2) is 42.8 Å². The zero-order valence-electron chi connectivity index (χ0n) is 21.6. The van der Waals surface area contributed by atoms with Gasteiger partial charge in [0.25, 0.3) is 5.91 Å². The lowest BCUT2D eigenvalue weighted by Gasteiger charge is -2.28. The molecule has 0 bridgehead atoms. The molecule has 0 saturated heterocycles. The van der Waals surface area contributed by atoms with E-state index < -0.39 is 0 Å². The summed E-state index contributed by atoms with van der Waals surface area (Å²) in [6.45, 7) is 9.59. The van der Waals surface area contributed by atoms with Gasteiger partial charge in [0, 0.05) is 31.9 Å². The molecular weight excluding hydrogens is 462 g/mol. The number of hydrogen-bond acceptors (Lipinski definition) is 6. The molecule has 190 valence electrons. The molecule has 3 aromatic rings. The number of para-hydroxylation sites is 1. The van der Waals surface area contributed by atoms with Gasteiger partial charge in [0.05, 0.1) is 29.8 Å². The first-order valence-electron chi connectivity index (χ1n) is 12.3. The number of carbonyl (C=O) groups excluding carboxylic acids is 1. The number of anilines is 2. The predicted molar refractivity (Wildman–Crippen MR) is 151 cm³/mol. The number of carbonyl (C=O) groups is 1. The van der Waals surface area contributed by atoms with E-state index in [1.807, 2.05) is 68.6 Å². The van der Waals surface area contributed by atoms with Crippen LogP contribution in [-0.2, 0) is 11.3 Å². The number of rotatable bonds is 5. The maximum atomic E-state index is 13.3. The molecule has 1 aliphatic rings. The quantitative estimate of drug-likeness (QED) is 0.516. The summed E-state index contributed by atoms with van der Waals surface area (Å²) in [6, 6.07) is 19.9. The summed E-state index contributed by atoms with van der Waals surface area (Å²) < 4.78 is 6.63.